The molecule has 5 rings (SSSR count). The van der Waals surface area contributed by atoms with Crippen molar-refractivity contribution in [1.82, 2.24) is 16.0 Å². The van der Waals surface area contributed by atoms with Crippen LogP contribution in [0.1, 0.15) is 34.6 Å². The van der Waals surface area contributed by atoms with Crippen molar-refractivity contribution in [3.63, 3.8) is 0 Å². The summed E-state index contributed by atoms with van der Waals surface area (Å²) in [5.41, 5.74) is 3.35. The number of halogens is 1. The van der Waals surface area contributed by atoms with Gasteiger partial charge in [-0.05, 0) is 66.1 Å². The standard InChI is InChI=1S/C31H31FN4O4/c1-18(2)14-35-30(37)21-7-10-26(39-16-23-15-34-17-36-23)24(13-21)20-6-11-27-25(12-20)28(31(38)33-3)29(40-27)19-4-8-22(32)9-5-19/h4-13,17-18,23H,14-16H2,1-3H3,(H,33,38)(H,34,36)(H,35,37). The summed E-state index contributed by atoms with van der Waals surface area (Å²) in [7, 11) is 1.55. The number of rotatable bonds is 9. The number of benzene rings is 3. The van der Waals surface area contributed by atoms with E-state index >= 15 is 0 Å². The maximum Gasteiger partial charge on any atom is 0.255 e. The first-order valence-electron chi connectivity index (χ1n) is 13.2. The van der Waals surface area contributed by atoms with Crippen LogP contribution in [0.2, 0.25) is 0 Å². The fourth-order valence-electron chi connectivity index (χ4n) is 4.53. The molecule has 206 valence electrons. The van der Waals surface area contributed by atoms with Gasteiger partial charge in [-0.25, -0.2) is 4.39 Å². The molecule has 8 nitrogen and oxygen atoms in total. The Morgan fingerprint density at radius 2 is 1.85 bits per heavy atom. The van der Waals surface area contributed by atoms with Crippen molar-refractivity contribution in [2.24, 2.45) is 10.9 Å². The van der Waals surface area contributed by atoms with E-state index in [1.165, 1.54) is 12.1 Å². The Labute approximate surface area is 231 Å². The van der Waals surface area contributed by atoms with Gasteiger partial charge in [-0.2, -0.15) is 0 Å². The largest absolute Gasteiger partial charge is 0.491 e. The Morgan fingerprint density at radius 3 is 2.55 bits per heavy atom. The highest BCUT2D eigenvalue weighted by Crippen LogP contribution is 2.38. The van der Waals surface area contributed by atoms with Gasteiger partial charge in [0.15, 0.2) is 0 Å². The Balaban J connectivity index is 1.60. The van der Waals surface area contributed by atoms with Gasteiger partial charge in [0.25, 0.3) is 11.8 Å². The lowest BCUT2D eigenvalue weighted by molar-refractivity contribution is 0.0945. The third-order valence-electron chi connectivity index (χ3n) is 6.63. The van der Waals surface area contributed by atoms with Gasteiger partial charge in [0, 0.05) is 42.2 Å². The van der Waals surface area contributed by atoms with Crippen LogP contribution in [0.15, 0.2) is 70.1 Å². The molecule has 0 fully saturated rings. The van der Waals surface area contributed by atoms with Crippen LogP contribution >= 0.6 is 0 Å². The Hall–Kier alpha value is -4.66. The molecule has 0 bridgehead atoms. The molecule has 3 aromatic carbocycles. The van der Waals surface area contributed by atoms with Crippen LogP contribution in [0.3, 0.4) is 0 Å². The molecule has 9 heteroatoms. The summed E-state index contributed by atoms with van der Waals surface area (Å²) >= 11 is 0. The summed E-state index contributed by atoms with van der Waals surface area (Å²) < 4.78 is 25.9. The second-order valence-corrected chi connectivity index (χ2v) is 10.1. The molecule has 0 aliphatic carbocycles. The first kappa shape index (κ1) is 26.9. The molecule has 0 saturated carbocycles. The molecule has 0 spiro atoms. The highest BCUT2D eigenvalue weighted by molar-refractivity contribution is 6.12. The Kier molecular flexibility index (Phi) is 7.82. The van der Waals surface area contributed by atoms with E-state index in [1.54, 1.807) is 49.8 Å². The lowest BCUT2D eigenvalue weighted by atomic mass is 9.98. The second-order valence-electron chi connectivity index (χ2n) is 10.1. The van der Waals surface area contributed by atoms with Crippen LogP contribution < -0.4 is 20.7 Å². The summed E-state index contributed by atoms with van der Waals surface area (Å²) in [4.78, 5) is 30.3. The van der Waals surface area contributed by atoms with E-state index in [-0.39, 0.29) is 23.7 Å². The number of hydrogen-bond acceptors (Lipinski definition) is 6. The maximum atomic E-state index is 13.6. The average molecular weight is 543 g/mol. The second kappa shape index (κ2) is 11.6. The number of hydrogen-bond donors (Lipinski definition) is 3. The van der Waals surface area contributed by atoms with E-state index in [4.69, 9.17) is 9.15 Å². The van der Waals surface area contributed by atoms with E-state index < -0.39 is 0 Å². The SMILES string of the molecule is CNC(=O)c1c(-c2ccc(F)cc2)oc2ccc(-c3cc(C(=O)NCC(C)C)ccc3OCC3CNC=N3)cc12. The topological polar surface area (TPSA) is 105 Å². The predicted molar refractivity (Wildman–Crippen MR) is 153 cm³/mol. The number of aliphatic imine (C=N–C) groups is 1. The van der Waals surface area contributed by atoms with E-state index in [9.17, 15) is 14.0 Å². The summed E-state index contributed by atoms with van der Waals surface area (Å²) in [6.45, 7) is 5.68. The molecule has 3 N–H and O–H groups in total. The first-order valence-corrected chi connectivity index (χ1v) is 13.2. The number of fused-ring (bicyclic) bond motifs is 1. The fourth-order valence-corrected chi connectivity index (χ4v) is 4.53. The molecule has 1 aliphatic heterocycles. The number of carbonyl (C=O) groups is 2. The predicted octanol–water partition coefficient (Wildman–Crippen LogP) is 5.03. The van der Waals surface area contributed by atoms with Crippen LogP contribution in [0.4, 0.5) is 4.39 Å². The molecule has 4 aromatic rings. The maximum absolute atomic E-state index is 13.6. The van der Waals surface area contributed by atoms with Gasteiger partial charge >= 0.3 is 0 Å². The third-order valence-corrected chi connectivity index (χ3v) is 6.63. The van der Waals surface area contributed by atoms with E-state index in [0.717, 1.165) is 5.56 Å². The smallest absolute Gasteiger partial charge is 0.255 e. The Bertz CT molecular complexity index is 1580. The molecule has 0 radical (unpaired) electrons. The van der Waals surface area contributed by atoms with Crippen molar-refractivity contribution in [2.75, 3.05) is 26.7 Å². The van der Waals surface area contributed by atoms with Crippen molar-refractivity contribution in [3.8, 4) is 28.2 Å². The number of furan rings is 1. The highest BCUT2D eigenvalue weighted by Gasteiger charge is 2.23. The summed E-state index contributed by atoms with van der Waals surface area (Å²) in [6.07, 6.45) is 1.67. The van der Waals surface area contributed by atoms with Crippen LogP contribution in [0.25, 0.3) is 33.4 Å². The zero-order valence-corrected chi connectivity index (χ0v) is 22.6. The number of amides is 2. The van der Waals surface area contributed by atoms with Crippen LogP contribution in [-0.2, 0) is 0 Å². The van der Waals surface area contributed by atoms with Crippen molar-refractivity contribution in [3.05, 3.63) is 77.6 Å². The number of nitrogens with zero attached hydrogens (tertiary/aromatic N) is 1. The Morgan fingerprint density at radius 1 is 1.07 bits per heavy atom. The van der Waals surface area contributed by atoms with Crippen molar-refractivity contribution >= 4 is 29.1 Å². The molecule has 0 saturated heterocycles. The van der Waals surface area contributed by atoms with Gasteiger partial charge in [0.1, 0.15) is 35.6 Å². The average Bonchev–Trinajstić information content (AvgIpc) is 3.62. The van der Waals surface area contributed by atoms with Crippen LogP contribution in [-0.4, -0.2) is 50.9 Å². The molecule has 1 atom stereocenters. The van der Waals surface area contributed by atoms with Gasteiger partial charge in [-0.15, -0.1) is 0 Å². The summed E-state index contributed by atoms with van der Waals surface area (Å²) in [5, 5.41) is 9.29. The van der Waals surface area contributed by atoms with Crippen molar-refractivity contribution in [2.45, 2.75) is 19.9 Å². The van der Waals surface area contributed by atoms with Crippen LogP contribution in [0, 0.1) is 11.7 Å². The number of ether oxygens (including phenoxy) is 1. The van der Waals surface area contributed by atoms with Gasteiger partial charge < -0.3 is 25.1 Å². The normalized spacial score (nSPS) is 14.4. The van der Waals surface area contributed by atoms with Gasteiger partial charge in [-0.3, -0.25) is 14.6 Å². The van der Waals surface area contributed by atoms with Crippen molar-refractivity contribution < 1.29 is 23.1 Å². The zero-order valence-electron chi connectivity index (χ0n) is 22.6. The molecular formula is C31H31FN4O4. The number of carbonyl (C=O) groups excluding carboxylic acids is 2. The molecule has 1 aromatic heterocycles. The quantitative estimate of drug-likeness (QED) is 0.275. The summed E-state index contributed by atoms with van der Waals surface area (Å²) in [6, 6.07) is 16.6. The number of nitrogens with one attached hydrogen (secondary N) is 3. The fraction of sp³-hybridized carbons (Fsp3) is 0.258. The van der Waals surface area contributed by atoms with Gasteiger partial charge in [0.05, 0.1) is 11.9 Å². The van der Waals surface area contributed by atoms with E-state index in [1.807, 2.05) is 26.0 Å². The van der Waals surface area contributed by atoms with E-state index in [0.29, 0.717) is 70.3 Å². The molecule has 1 aliphatic rings. The van der Waals surface area contributed by atoms with Crippen LogP contribution in [0.5, 0.6) is 5.75 Å². The lowest BCUT2D eigenvalue weighted by Crippen LogP contribution is -2.27. The molecule has 1 unspecified atom stereocenters. The minimum Gasteiger partial charge on any atom is -0.491 e. The molecule has 2 heterocycles. The van der Waals surface area contributed by atoms with Gasteiger partial charge in [0.2, 0.25) is 0 Å². The minimum absolute atomic E-state index is 0.0173. The van der Waals surface area contributed by atoms with E-state index in [2.05, 4.69) is 20.9 Å². The zero-order chi connectivity index (χ0) is 28.2. The van der Waals surface area contributed by atoms with Gasteiger partial charge in [-0.1, -0.05) is 19.9 Å². The monoisotopic (exact) mass is 542 g/mol. The molecular weight excluding hydrogens is 511 g/mol. The molecule has 40 heavy (non-hydrogen) atoms. The summed E-state index contributed by atoms with van der Waals surface area (Å²) in [5.74, 6) is 0.350. The third kappa shape index (κ3) is 5.68. The minimum atomic E-state index is -0.382. The first-order chi connectivity index (χ1) is 19.3. The highest BCUT2D eigenvalue weighted by atomic mass is 19.1. The van der Waals surface area contributed by atoms with Crippen molar-refractivity contribution in [1.29, 1.82) is 0 Å². The lowest BCUT2D eigenvalue weighted by Gasteiger charge is -2.16. The molecule has 2 amide bonds.